The van der Waals surface area contributed by atoms with Gasteiger partial charge in [-0.3, -0.25) is 5.32 Å². The molecule has 0 aliphatic carbocycles. The zero-order valence-corrected chi connectivity index (χ0v) is 9.81. The Morgan fingerprint density at radius 1 is 1.12 bits per heavy atom. The molecule has 0 unspecified atom stereocenters. The van der Waals surface area contributed by atoms with Crippen molar-refractivity contribution in [2.45, 2.75) is 0 Å². The third-order valence-electron chi connectivity index (χ3n) is 1.86. The van der Waals surface area contributed by atoms with E-state index in [2.05, 4.69) is 10.6 Å². The number of anilines is 2. The van der Waals surface area contributed by atoms with Crippen LogP contribution in [0.1, 0.15) is 0 Å². The molecule has 0 spiro atoms. The van der Waals surface area contributed by atoms with Gasteiger partial charge in [-0.2, -0.15) is 0 Å². The van der Waals surface area contributed by atoms with Crippen molar-refractivity contribution in [1.82, 2.24) is 0 Å². The number of nitrogens with one attached hydrogen (secondary N) is 2. The monoisotopic (exact) mass is 252 g/mol. The summed E-state index contributed by atoms with van der Waals surface area (Å²) in [6, 6.07) is 10.4. The summed E-state index contributed by atoms with van der Waals surface area (Å²) in [5.74, 6) is 0. The molecule has 0 aliphatic heterocycles. The van der Waals surface area contributed by atoms with Crippen molar-refractivity contribution in [3.8, 4) is 0 Å². The second-order valence-corrected chi connectivity index (χ2v) is 4.45. The fraction of sp³-hybridized carbons (Fsp3) is 0. The van der Waals surface area contributed by atoms with Crippen LogP contribution in [-0.2, 0) is 0 Å². The van der Waals surface area contributed by atoms with E-state index in [9.17, 15) is 4.79 Å². The van der Waals surface area contributed by atoms with Gasteiger partial charge in [0.1, 0.15) is 0 Å². The molecule has 16 heavy (non-hydrogen) atoms. The standard InChI is InChI=1S/C11H9ClN2OS/c12-8-3-5-9(6-4-8)13-11(15)14-10-2-1-7-16-10/h1-7H,(H2,13,14,15). The minimum absolute atomic E-state index is 0.259. The maximum Gasteiger partial charge on any atom is 0.324 e. The highest BCUT2D eigenvalue weighted by Crippen LogP contribution is 2.16. The average Bonchev–Trinajstić information content (AvgIpc) is 2.74. The molecule has 0 radical (unpaired) electrons. The normalized spacial score (nSPS) is 9.81. The van der Waals surface area contributed by atoms with E-state index in [4.69, 9.17) is 11.6 Å². The fourth-order valence-electron chi connectivity index (χ4n) is 1.16. The molecule has 5 heteroatoms. The van der Waals surface area contributed by atoms with Gasteiger partial charge in [-0.1, -0.05) is 11.6 Å². The molecule has 3 nitrogen and oxygen atoms in total. The third kappa shape index (κ3) is 2.98. The maximum atomic E-state index is 11.5. The minimum atomic E-state index is -0.259. The Morgan fingerprint density at radius 2 is 1.88 bits per heavy atom. The first-order valence-corrected chi connectivity index (χ1v) is 5.87. The molecule has 1 heterocycles. The predicted octanol–water partition coefficient (Wildman–Crippen LogP) is 4.05. The second-order valence-electron chi connectivity index (χ2n) is 3.06. The summed E-state index contributed by atoms with van der Waals surface area (Å²) in [6.07, 6.45) is 0. The van der Waals surface area contributed by atoms with Gasteiger partial charge in [-0.25, -0.2) is 4.79 Å². The zero-order valence-electron chi connectivity index (χ0n) is 8.24. The largest absolute Gasteiger partial charge is 0.324 e. The molecule has 82 valence electrons. The lowest BCUT2D eigenvalue weighted by Gasteiger charge is -2.05. The number of urea groups is 1. The quantitative estimate of drug-likeness (QED) is 0.832. The number of hydrogen-bond donors (Lipinski definition) is 2. The van der Waals surface area contributed by atoms with Crippen LogP contribution in [0.4, 0.5) is 15.5 Å². The highest BCUT2D eigenvalue weighted by Gasteiger charge is 2.02. The Kier molecular flexibility index (Phi) is 3.44. The fourth-order valence-corrected chi connectivity index (χ4v) is 1.90. The lowest BCUT2D eigenvalue weighted by Crippen LogP contribution is -2.18. The van der Waals surface area contributed by atoms with Crippen LogP contribution in [0.5, 0.6) is 0 Å². The first-order chi connectivity index (χ1) is 7.74. The first-order valence-electron chi connectivity index (χ1n) is 4.61. The van der Waals surface area contributed by atoms with Crippen molar-refractivity contribution < 1.29 is 4.79 Å². The van der Waals surface area contributed by atoms with Crippen LogP contribution in [0, 0.1) is 0 Å². The van der Waals surface area contributed by atoms with Crippen molar-refractivity contribution in [3.63, 3.8) is 0 Å². The SMILES string of the molecule is O=C(Nc1ccc(Cl)cc1)Nc1cccs1. The van der Waals surface area contributed by atoms with Gasteiger partial charge in [0.2, 0.25) is 0 Å². The van der Waals surface area contributed by atoms with Crippen LogP contribution >= 0.6 is 22.9 Å². The smallest absolute Gasteiger partial charge is 0.308 e. The van der Waals surface area contributed by atoms with Crippen LogP contribution < -0.4 is 10.6 Å². The van der Waals surface area contributed by atoms with E-state index in [-0.39, 0.29) is 6.03 Å². The predicted molar refractivity (Wildman–Crippen MR) is 68.4 cm³/mol. The highest BCUT2D eigenvalue weighted by atomic mass is 35.5. The van der Waals surface area contributed by atoms with Gasteiger partial charge in [-0.15, -0.1) is 11.3 Å². The van der Waals surface area contributed by atoms with E-state index in [0.717, 1.165) is 5.00 Å². The van der Waals surface area contributed by atoms with E-state index < -0.39 is 0 Å². The van der Waals surface area contributed by atoms with Gasteiger partial charge >= 0.3 is 6.03 Å². The van der Waals surface area contributed by atoms with E-state index >= 15 is 0 Å². The summed E-state index contributed by atoms with van der Waals surface area (Å²) >= 11 is 7.21. The van der Waals surface area contributed by atoms with Gasteiger partial charge in [-0.05, 0) is 41.8 Å². The summed E-state index contributed by atoms with van der Waals surface area (Å²) in [5.41, 5.74) is 0.707. The summed E-state index contributed by atoms with van der Waals surface area (Å²) in [5, 5.41) is 8.78. The van der Waals surface area contributed by atoms with Crippen molar-refractivity contribution in [3.05, 3.63) is 46.8 Å². The molecule has 0 bridgehead atoms. The molecule has 2 aromatic rings. The van der Waals surface area contributed by atoms with E-state index in [0.29, 0.717) is 10.7 Å². The van der Waals surface area contributed by atoms with E-state index in [1.165, 1.54) is 11.3 Å². The molecule has 2 amide bonds. The third-order valence-corrected chi connectivity index (χ3v) is 2.90. The van der Waals surface area contributed by atoms with Crippen molar-refractivity contribution >= 4 is 39.7 Å². The van der Waals surface area contributed by atoms with Crippen LogP contribution in [0.25, 0.3) is 0 Å². The number of halogens is 1. The Hall–Kier alpha value is -1.52. The van der Waals surface area contributed by atoms with Gasteiger partial charge in [0.25, 0.3) is 0 Å². The number of rotatable bonds is 2. The van der Waals surface area contributed by atoms with Crippen molar-refractivity contribution in [2.75, 3.05) is 10.6 Å². The summed E-state index contributed by atoms with van der Waals surface area (Å²) in [6.45, 7) is 0. The maximum absolute atomic E-state index is 11.5. The molecule has 2 rings (SSSR count). The van der Waals surface area contributed by atoms with Crippen LogP contribution in [0.15, 0.2) is 41.8 Å². The van der Waals surface area contributed by atoms with Gasteiger partial charge in [0.05, 0.1) is 5.00 Å². The molecule has 2 N–H and O–H groups in total. The first kappa shape index (κ1) is 11.0. The van der Waals surface area contributed by atoms with Gasteiger partial charge in [0.15, 0.2) is 0 Å². The van der Waals surface area contributed by atoms with E-state index in [1.54, 1.807) is 24.3 Å². The van der Waals surface area contributed by atoms with Crippen LogP contribution in [0.3, 0.4) is 0 Å². The lowest BCUT2D eigenvalue weighted by molar-refractivity contribution is 0.262. The lowest BCUT2D eigenvalue weighted by atomic mass is 10.3. The Labute approximate surface area is 102 Å². The Bertz CT molecular complexity index is 467. The molecule has 0 fully saturated rings. The highest BCUT2D eigenvalue weighted by molar-refractivity contribution is 7.14. The van der Waals surface area contributed by atoms with Crippen molar-refractivity contribution in [2.24, 2.45) is 0 Å². The molecular formula is C11H9ClN2OS. The van der Waals surface area contributed by atoms with Crippen LogP contribution in [0.2, 0.25) is 5.02 Å². The number of benzene rings is 1. The Balaban J connectivity index is 1.95. The number of carbonyl (C=O) groups excluding carboxylic acids is 1. The molecule has 0 saturated heterocycles. The second kappa shape index (κ2) is 5.01. The van der Waals surface area contributed by atoms with Crippen molar-refractivity contribution in [1.29, 1.82) is 0 Å². The number of carbonyl (C=O) groups is 1. The average molecular weight is 253 g/mol. The van der Waals surface area contributed by atoms with E-state index in [1.807, 2.05) is 17.5 Å². The zero-order chi connectivity index (χ0) is 11.4. The van der Waals surface area contributed by atoms with Gasteiger partial charge < -0.3 is 5.32 Å². The summed E-state index contributed by atoms with van der Waals surface area (Å²) in [7, 11) is 0. The van der Waals surface area contributed by atoms with Gasteiger partial charge in [0, 0.05) is 10.7 Å². The minimum Gasteiger partial charge on any atom is -0.308 e. The topological polar surface area (TPSA) is 41.1 Å². The summed E-state index contributed by atoms with van der Waals surface area (Å²) < 4.78 is 0. The molecule has 0 atom stereocenters. The number of thiophene rings is 1. The Morgan fingerprint density at radius 3 is 2.50 bits per heavy atom. The number of hydrogen-bond acceptors (Lipinski definition) is 2. The van der Waals surface area contributed by atoms with Crippen LogP contribution in [-0.4, -0.2) is 6.03 Å². The molecule has 1 aromatic heterocycles. The molecule has 0 aliphatic rings. The summed E-state index contributed by atoms with van der Waals surface area (Å²) in [4.78, 5) is 11.5. The molecular weight excluding hydrogens is 244 g/mol. The molecule has 1 aromatic carbocycles. The molecule has 0 saturated carbocycles. The number of amides is 2.